The monoisotopic (exact) mass is 320 g/mol. The van der Waals surface area contributed by atoms with Gasteiger partial charge in [0.25, 0.3) is 0 Å². The molecule has 122 valence electrons. The lowest BCUT2D eigenvalue weighted by Crippen LogP contribution is -2.00. The van der Waals surface area contributed by atoms with E-state index < -0.39 is 0 Å². The molecule has 0 fully saturated rings. The summed E-state index contributed by atoms with van der Waals surface area (Å²) in [6.07, 6.45) is 2.64. The number of aromatic hydroxyl groups is 2. The Labute approximate surface area is 141 Å². The van der Waals surface area contributed by atoms with Gasteiger partial charge in [-0.2, -0.15) is 5.10 Å². The van der Waals surface area contributed by atoms with Crippen molar-refractivity contribution in [3.8, 4) is 34.0 Å². The van der Waals surface area contributed by atoms with Crippen LogP contribution in [-0.4, -0.2) is 20.0 Å². The van der Waals surface area contributed by atoms with Crippen molar-refractivity contribution in [3.05, 3.63) is 66.7 Å². The summed E-state index contributed by atoms with van der Waals surface area (Å²) in [7, 11) is 0. The number of benzene rings is 2. The van der Waals surface area contributed by atoms with Crippen LogP contribution < -0.4 is 0 Å². The van der Waals surface area contributed by atoms with Crippen molar-refractivity contribution in [1.29, 1.82) is 0 Å². The van der Waals surface area contributed by atoms with E-state index in [1.54, 1.807) is 24.3 Å². The first-order valence-electron chi connectivity index (χ1n) is 7.93. The Hall–Kier alpha value is -3.01. The molecule has 0 saturated heterocycles. The highest BCUT2D eigenvalue weighted by Crippen LogP contribution is 2.34. The molecule has 3 aromatic rings. The predicted octanol–water partition coefficient (Wildman–Crippen LogP) is 4.38. The SMILES string of the molecule is C=CCn1nc(-c2ccc(O)cc2)c(CC)c1-c1ccc(O)cc1. The van der Waals surface area contributed by atoms with Gasteiger partial charge in [-0.25, -0.2) is 0 Å². The Morgan fingerprint density at radius 2 is 1.50 bits per heavy atom. The molecule has 0 spiro atoms. The van der Waals surface area contributed by atoms with Crippen LogP contribution in [0.3, 0.4) is 0 Å². The molecular formula is C20H20N2O2. The summed E-state index contributed by atoms with van der Waals surface area (Å²) in [6.45, 7) is 6.52. The fourth-order valence-electron chi connectivity index (χ4n) is 2.88. The molecule has 0 amide bonds. The second-order valence-corrected chi connectivity index (χ2v) is 5.59. The number of phenolic OH excluding ortho intramolecular Hbond substituents is 2. The van der Waals surface area contributed by atoms with Crippen molar-refractivity contribution in [2.45, 2.75) is 19.9 Å². The van der Waals surface area contributed by atoms with Crippen LogP contribution in [0.1, 0.15) is 12.5 Å². The van der Waals surface area contributed by atoms with E-state index in [4.69, 9.17) is 5.10 Å². The van der Waals surface area contributed by atoms with Gasteiger partial charge >= 0.3 is 0 Å². The molecule has 2 N–H and O–H groups in total. The first kappa shape index (κ1) is 15.9. The molecule has 4 heteroatoms. The molecule has 0 radical (unpaired) electrons. The maximum Gasteiger partial charge on any atom is 0.115 e. The largest absolute Gasteiger partial charge is 0.508 e. The van der Waals surface area contributed by atoms with Crippen molar-refractivity contribution < 1.29 is 10.2 Å². The summed E-state index contributed by atoms with van der Waals surface area (Å²) in [6, 6.07) is 14.2. The summed E-state index contributed by atoms with van der Waals surface area (Å²) >= 11 is 0. The average Bonchev–Trinajstić information content (AvgIpc) is 2.95. The molecular weight excluding hydrogens is 300 g/mol. The number of nitrogens with zero attached hydrogens (tertiary/aromatic N) is 2. The first-order chi connectivity index (χ1) is 11.6. The first-order valence-corrected chi connectivity index (χ1v) is 7.93. The minimum absolute atomic E-state index is 0.237. The molecule has 0 aliphatic heterocycles. The summed E-state index contributed by atoms with van der Waals surface area (Å²) in [5.41, 5.74) is 5.03. The van der Waals surface area contributed by atoms with E-state index >= 15 is 0 Å². The topological polar surface area (TPSA) is 58.3 Å². The van der Waals surface area contributed by atoms with E-state index in [0.29, 0.717) is 6.54 Å². The van der Waals surface area contributed by atoms with Crippen LogP contribution in [0, 0.1) is 0 Å². The van der Waals surface area contributed by atoms with Crippen molar-refractivity contribution in [2.75, 3.05) is 0 Å². The second-order valence-electron chi connectivity index (χ2n) is 5.59. The Kier molecular flexibility index (Phi) is 4.38. The van der Waals surface area contributed by atoms with Gasteiger partial charge < -0.3 is 10.2 Å². The number of phenols is 2. The third-order valence-corrected chi connectivity index (χ3v) is 3.99. The Morgan fingerprint density at radius 1 is 0.958 bits per heavy atom. The molecule has 0 unspecified atom stereocenters. The van der Waals surface area contributed by atoms with Gasteiger partial charge in [-0.15, -0.1) is 6.58 Å². The molecule has 0 bridgehead atoms. The van der Waals surface area contributed by atoms with Gasteiger partial charge in [0.05, 0.1) is 17.9 Å². The lowest BCUT2D eigenvalue weighted by Gasteiger charge is -2.08. The lowest BCUT2D eigenvalue weighted by molar-refractivity contribution is 0.475. The number of aromatic nitrogens is 2. The summed E-state index contributed by atoms with van der Waals surface area (Å²) in [5.74, 6) is 0.478. The Morgan fingerprint density at radius 3 is 2.00 bits per heavy atom. The van der Waals surface area contributed by atoms with Gasteiger partial charge in [-0.3, -0.25) is 4.68 Å². The molecule has 1 aromatic heterocycles. The maximum absolute atomic E-state index is 9.55. The normalized spacial score (nSPS) is 10.7. The van der Waals surface area contributed by atoms with Crippen molar-refractivity contribution in [1.82, 2.24) is 9.78 Å². The highest BCUT2D eigenvalue weighted by molar-refractivity contribution is 5.75. The van der Waals surface area contributed by atoms with E-state index in [1.165, 1.54) is 0 Å². The molecule has 2 aromatic carbocycles. The molecule has 4 nitrogen and oxygen atoms in total. The zero-order chi connectivity index (χ0) is 17.1. The Balaban J connectivity index is 2.21. The van der Waals surface area contributed by atoms with E-state index in [9.17, 15) is 10.2 Å². The van der Waals surface area contributed by atoms with Crippen LogP contribution >= 0.6 is 0 Å². The van der Waals surface area contributed by atoms with E-state index in [-0.39, 0.29) is 11.5 Å². The third-order valence-electron chi connectivity index (χ3n) is 3.99. The van der Waals surface area contributed by atoms with Crippen LogP contribution in [0.25, 0.3) is 22.5 Å². The predicted molar refractivity (Wildman–Crippen MR) is 96.0 cm³/mol. The zero-order valence-corrected chi connectivity index (χ0v) is 13.6. The van der Waals surface area contributed by atoms with Crippen LogP contribution in [0.2, 0.25) is 0 Å². The lowest BCUT2D eigenvalue weighted by atomic mass is 10.00. The minimum Gasteiger partial charge on any atom is -0.508 e. The van der Waals surface area contributed by atoms with Gasteiger partial charge in [-0.05, 0) is 55.0 Å². The highest BCUT2D eigenvalue weighted by Gasteiger charge is 2.18. The van der Waals surface area contributed by atoms with Crippen molar-refractivity contribution >= 4 is 0 Å². The summed E-state index contributed by atoms with van der Waals surface area (Å²) in [4.78, 5) is 0. The zero-order valence-electron chi connectivity index (χ0n) is 13.6. The number of hydrogen-bond donors (Lipinski definition) is 2. The highest BCUT2D eigenvalue weighted by atomic mass is 16.3. The van der Waals surface area contributed by atoms with E-state index in [0.717, 1.165) is 34.5 Å². The van der Waals surface area contributed by atoms with Gasteiger partial charge in [0.2, 0.25) is 0 Å². The van der Waals surface area contributed by atoms with E-state index in [1.807, 2.05) is 35.0 Å². The number of allylic oxidation sites excluding steroid dienone is 1. The van der Waals surface area contributed by atoms with Crippen LogP contribution in [0.5, 0.6) is 11.5 Å². The van der Waals surface area contributed by atoms with Crippen LogP contribution in [0.4, 0.5) is 0 Å². The molecule has 1 heterocycles. The van der Waals surface area contributed by atoms with Crippen molar-refractivity contribution in [2.24, 2.45) is 0 Å². The fourth-order valence-corrected chi connectivity index (χ4v) is 2.88. The standard InChI is InChI=1S/C20H20N2O2/c1-3-13-22-20(15-7-11-17(24)12-8-15)18(4-2)19(21-22)14-5-9-16(23)10-6-14/h3,5-12,23-24H,1,4,13H2,2H3. The fraction of sp³-hybridized carbons (Fsp3) is 0.150. The van der Waals surface area contributed by atoms with Gasteiger partial charge in [-0.1, -0.05) is 13.0 Å². The van der Waals surface area contributed by atoms with Gasteiger partial charge in [0.1, 0.15) is 11.5 Å². The molecule has 0 atom stereocenters. The second kappa shape index (κ2) is 6.62. The number of hydrogen-bond acceptors (Lipinski definition) is 3. The van der Waals surface area contributed by atoms with Crippen LogP contribution in [0.15, 0.2) is 61.2 Å². The smallest absolute Gasteiger partial charge is 0.115 e. The molecule has 3 rings (SSSR count). The number of rotatable bonds is 5. The molecule has 24 heavy (non-hydrogen) atoms. The van der Waals surface area contributed by atoms with Gasteiger partial charge in [0, 0.05) is 16.7 Å². The Bertz CT molecular complexity index is 847. The molecule has 0 aliphatic carbocycles. The van der Waals surface area contributed by atoms with Crippen molar-refractivity contribution in [3.63, 3.8) is 0 Å². The van der Waals surface area contributed by atoms with Gasteiger partial charge in [0.15, 0.2) is 0 Å². The third kappa shape index (κ3) is 2.91. The summed E-state index contributed by atoms with van der Waals surface area (Å²) in [5, 5.41) is 23.8. The quantitative estimate of drug-likeness (QED) is 0.686. The maximum atomic E-state index is 9.55. The molecule has 0 aliphatic rings. The average molecular weight is 320 g/mol. The molecule has 0 saturated carbocycles. The minimum atomic E-state index is 0.237. The van der Waals surface area contributed by atoms with Crippen LogP contribution in [-0.2, 0) is 13.0 Å². The summed E-state index contributed by atoms with van der Waals surface area (Å²) < 4.78 is 1.93. The van der Waals surface area contributed by atoms with E-state index in [2.05, 4.69) is 13.5 Å².